The Kier molecular flexibility index (Phi) is 2.12. The third kappa shape index (κ3) is 1.16. The van der Waals surface area contributed by atoms with Gasteiger partial charge >= 0.3 is 0 Å². The zero-order chi connectivity index (χ0) is 12.3. The summed E-state index contributed by atoms with van der Waals surface area (Å²) in [5.74, 6) is 0.156. The van der Waals surface area contributed by atoms with Crippen molar-refractivity contribution in [1.29, 1.82) is 0 Å². The molecule has 1 N–H and O–H groups in total. The SMILES string of the molecule is OC1C2c3ccccc3C(c3ccccc32)C1Cl. The molecule has 0 aromatic heterocycles. The standard InChI is InChI=1S/C16H13ClO/c17-15-13-9-5-1-3-7-11(9)14(16(15)18)12-8-4-2-6-10(12)13/h1-8,13-16,18H. The number of fused-ring (bicyclic) bond motifs is 1. The Morgan fingerprint density at radius 2 is 1.11 bits per heavy atom. The van der Waals surface area contributed by atoms with Gasteiger partial charge in [0.1, 0.15) is 0 Å². The molecule has 0 amide bonds. The average molecular weight is 257 g/mol. The van der Waals surface area contributed by atoms with E-state index in [9.17, 15) is 5.11 Å². The van der Waals surface area contributed by atoms with Gasteiger partial charge in [-0.25, -0.2) is 0 Å². The van der Waals surface area contributed by atoms with Crippen LogP contribution in [-0.4, -0.2) is 16.6 Å². The first-order valence-corrected chi connectivity index (χ1v) is 6.72. The minimum Gasteiger partial charge on any atom is -0.391 e. The molecule has 3 aliphatic carbocycles. The van der Waals surface area contributed by atoms with Crippen molar-refractivity contribution in [3.63, 3.8) is 0 Å². The fourth-order valence-corrected chi connectivity index (χ4v) is 4.00. The van der Waals surface area contributed by atoms with Crippen molar-refractivity contribution >= 4 is 11.6 Å². The first-order chi connectivity index (χ1) is 8.79. The van der Waals surface area contributed by atoms with Gasteiger partial charge in [-0.1, -0.05) is 48.5 Å². The maximum atomic E-state index is 10.4. The molecule has 2 bridgehead atoms. The van der Waals surface area contributed by atoms with E-state index in [1.165, 1.54) is 22.3 Å². The van der Waals surface area contributed by atoms with Gasteiger partial charge in [-0.3, -0.25) is 0 Å². The summed E-state index contributed by atoms with van der Waals surface area (Å²) in [5.41, 5.74) is 5.05. The van der Waals surface area contributed by atoms with Gasteiger partial charge in [-0.05, 0) is 22.3 Å². The highest BCUT2D eigenvalue weighted by Gasteiger charge is 2.48. The van der Waals surface area contributed by atoms with Gasteiger partial charge in [-0.15, -0.1) is 11.6 Å². The average Bonchev–Trinajstić information content (AvgIpc) is 2.42. The molecule has 5 rings (SSSR count). The van der Waals surface area contributed by atoms with Gasteiger partial charge in [0, 0.05) is 11.8 Å². The fourth-order valence-electron chi connectivity index (χ4n) is 3.58. The van der Waals surface area contributed by atoms with Crippen molar-refractivity contribution in [2.45, 2.75) is 23.3 Å². The zero-order valence-corrected chi connectivity index (χ0v) is 10.5. The van der Waals surface area contributed by atoms with Crippen LogP contribution in [0.4, 0.5) is 0 Å². The Balaban J connectivity index is 2.06. The predicted molar refractivity (Wildman–Crippen MR) is 72.2 cm³/mol. The molecule has 18 heavy (non-hydrogen) atoms. The number of rotatable bonds is 0. The minimum atomic E-state index is -0.485. The molecule has 2 atom stereocenters. The van der Waals surface area contributed by atoms with Gasteiger partial charge in [0.2, 0.25) is 0 Å². The highest BCUT2D eigenvalue weighted by atomic mass is 35.5. The smallest absolute Gasteiger partial charge is 0.0822 e. The highest BCUT2D eigenvalue weighted by Crippen LogP contribution is 2.54. The molecular weight excluding hydrogens is 244 g/mol. The molecule has 3 aliphatic rings. The summed E-state index contributed by atoms with van der Waals surface area (Å²) < 4.78 is 0. The Hall–Kier alpha value is -1.31. The molecule has 2 aromatic carbocycles. The first kappa shape index (κ1) is 10.6. The third-order valence-electron chi connectivity index (χ3n) is 4.32. The molecule has 0 heterocycles. The second kappa shape index (κ2) is 3.59. The Morgan fingerprint density at radius 3 is 1.56 bits per heavy atom. The quantitative estimate of drug-likeness (QED) is 0.718. The van der Waals surface area contributed by atoms with Gasteiger partial charge < -0.3 is 5.11 Å². The van der Waals surface area contributed by atoms with Crippen LogP contribution < -0.4 is 0 Å². The molecule has 0 saturated carbocycles. The summed E-state index contributed by atoms with van der Waals surface area (Å²) in [6.45, 7) is 0. The summed E-state index contributed by atoms with van der Waals surface area (Å²) in [7, 11) is 0. The van der Waals surface area contributed by atoms with Gasteiger partial charge in [-0.2, -0.15) is 0 Å². The summed E-state index contributed by atoms with van der Waals surface area (Å²) >= 11 is 6.47. The van der Waals surface area contributed by atoms with Crippen molar-refractivity contribution < 1.29 is 5.11 Å². The Labute approximate surface area is 111 Å². The summed E-state index contributed by atoms with van der Waals surface area (Å²) in [6, 6.07) is 16.7. The largest absolute Gasteiger partial charge is 0.391 e. The minimum absolute atomic E-state index is 0.0323. The topological polar surface area (TPSA) is 20.2 Å². The number of hydrogen-bond acceptors (Lipinski definition) is 1. The van der Waals surface area contributed by atoms with Crippen molar-refractivity contribution in [3.05, 3.63) is 70.8 Å². The number of aliphatic hydroxyl groups excluding tert-OH is 1. The van der Waals surface area contributed by atoms with E-state index in [0.29, 0.717) is 0 Å². The summed E-state index contributed by atoms with van der Waals surface area (Å²) in [5, 5.41) is 10.2. The van der Waals surface area contributed by atoms with E-state index < -0.39 is 6.10 Å². The molecule has 0 radical (unpaired) electrons. The number of halogens is 1. The molecule has 0 saturated heterocycles. The lowest BCUT2D eigenvalue weighted by atomic mass is 9.62. The van der Waals surface area contributed by atoms with Gasteiger partial charge in [0.25, 0.3) is 0 Å². The second-order valence-corrected chi connectivity index (χ2v) is 5.65. The zero-order valence-electron chi connectivity index (χ0n) is 9.75. The first-order valence-electron chi connectivity index (χ1n) is 6.29. The van der Waals surface area contributed by atoms with Crippen molar-refractivity contribution in [1.82, 2.24) is 0 Å². The molecule has 90 valence electrons. The molecule has 0 aliphatic heterocycles. The van der Waals surface area contributed by atoms with E-state index in [4.69, 9.17) is 11.6 Å². The fraction of sp³-hybridized carbons (Fsp3) is 0.250. The highest BCUT2D eigenvalue weighted by molar-refractivity contribution is 6.22. The van der Waals surface area contributed by atoms with Crippen LogP contribution in [-0.2, 0) is 0 Å². The van der Waals surface area contributed by atoms with Crippen LogP contribution in [0.15, 0.2) is 48.5 Å². The number of aliphatic hydroxyl groups is 1. The molecule has 2 unspecified atom stereocenters. The number of alkyl halides is 1. The lowest BCUT2D eigenvalue weighted by Crippen LogP contribution is -2.44. The van der Waals surface area contributed by atoms with Crippen LogP contribution in [0.3, 0.4) is 0 Å². The lowest BCUT2D eigenvalue weighted by Gasteiger charge is -2.46. The van der Waals surface area contributed by atoms with Crippen molar-refractivity contribution in [3.8, 4) is 0 Å². The van der Waals surface area contributed by atoms with E-state index in [1.807, 2.05) is 12.1 Å². The predicted octanol–water partition coefficient (Wildman–Crippen LogP) is 3.25. The normalized spacial score (nSPS) is 31.9. The van der Waals surface area contributed by atoms with Crippen LogP contribution in [0.25, 0.3) is 0 Å². The molecule has 1 nitrogen and oxygen atoms in total. The van der Waals surface area contributed by atoms with E-state index in [2.05, 4.69) is 36.4 Å². The Bertz CT molecular complexity index is 520. The van der Waals surface area contributed by atoms with Crippen molar-refractivity contribution in [2.75, 3.05) is 0 Å². The van der Waals surface area contributed by atoms with Crippen LogP contribution in [0.1, 0.15) is 34.1 Å². The van der Waals surface area contributed by atoms with E-state index in [0.717, 1.165) is 0 Å². The lowest BCUT2D eigenvalue weighted by molar-refractivity contribution is 0.128. The van der Waals surface area contributed by atoms with Gasteiger partial charge in [0.05, 0.1) is 11.5 Å². The maximum Gasteiger partial charge on any atom is 0.0822 e. The van der Waals surface area contributed by atoms with E-state index >= 15 is 0 Å². The summed E-state index contributed by atoms with van der Waals surface area (Å²) in [6.07, 6.45) is -0.485. The van der Waals surface area contributed by atoms with Crippen LogP contribution in [0, 0.1) is 0 Å². The second-order valence-electron chi connectivity index (χ2n) is 5.15. The molecule has 2 aromatic rings. The van der Waals surface area contributed by atoms with Crippen LogP contribution >= 0.6 is 11.6 Å². The molecular formula is C16H13ClO. The monoisotopic (exact) mass is 256 g/mol. The molecule has 0 spiro atoms. The van der Waals surface area contributed by atoms with E-state index in [-0.39, 0.29) is 17.2 Å². The molecule has 0 fully saturated rings. The third-order valence-corrected chi connectivity index (χ3v) is 4.83. The Morgan fingerprint density at radius 1 is 0.722 bits per heavy atom. The van der Waals surface area contributed by atoms with Crippen molar-refractivity contribution in [2.24, 2.45) is 0 Å². The molecule has 2 heteroatoms. The van der Waals surface area contributed by atoms with E-state index in [1.54, 1.807) is 0 Å². The number of hydrogen-bond donors (Lipinski definition) is 1. The maximum absolute atomic E-state index is 10.4. The van der Waals surface area contributed by atoms with Gasteiger partial charge in [0.15, 0.2) is 0 Å². The summed E-state index contributed by atoms with van der Waals surface area (Å²) in [4.78, 5) is 0. The number of benzene rings is 2. The van der Waals surface area contributed by atoms with Crippen LogP contribution in [0.5, 0.6) is 0 Å². The van der Waals surface area contributed by atoms with Crippen LogP contribution in [0.2, 0.25) is 0 Å².